The Labute approximate surface area is 112 Å². The highest BCUT2D eigenvalue weighted by atomic mass is 15.0. The molecule has 0 aliphatic rings. The van der Waals surface area contributed by atoms with Gasteiger partial charge in [0.1, 0.15) is 0 Å². The van der Waals surface area contributed by atoms with E-state index in [1.165, 1.54) is 5.39 Å². The highest BCUT2D eigenvalue weighted by molar-refractivity contribution is 5.78. The molecule has 0 saturated heterocycles. The van der Waals surface area contributed by atoms with Gasteiger partial charge in [-0.05, 0) is 30.7 Å². The zero-order valence-corrected chi connectivity index (χ0v) is 11.0. The van der Waals surface area contributed by atoms with Crippen molar-refractivity contribution in [2.24, 2.45) is 5.73 Å². The summed E-state index contributed by atoms with van der Waals surface area (Å²) < 4.78 is 2.12. The summed E-state index contributed by atoms with van der Waals surface area (Å²) in [6.45, 7) is 2.77. The van der Waals surface area contributed by atoms with Crippen LogP contribution < -0.4 is 5.73 Å². The maximum Gasteiger partial charge on any atom is 0.0706 e. The number of nitrogens with zero attached hydrogens (tertiary/aromatic N) is 2. The number of para-hydroxylation sites is 1. The van der Waals surface area contributed by atoms with E-state index in [9.17, 15) is 0 Å². The van der Waals surface area contributed by atoms with Crippen LogP contribution in [0.15, 0.2) is 54.9 Å². The van der Waals surface area contributed by atoms with E-state index >= 15 is 0 Å². The van der Waals surface area contributed by atoms with Gasteiger partial charge in [0, 0.05) is 23.8 Å². The summed E-state index contributed by atoms with van der Waals surface area (Å²) in [5, 5.41) is 1.18. The monoisotopic (exact) mass is 251 g/mol. The van der Waals surface area contributed by atoms with Crippen molar-refractivity contribution in [1.82, 2.24) is 9.55 Å². The maximum atomic E-state index is 5.87. The molecule has 0 aliphatic carbocycles. The number of pyridine rings is 1. The number of hydrogen-bond acceptors (Lipinski definition) is 2. The summed E-state index contributed by atoms with van der Waals surface area (Å²) >= 11 is 0. The van der Waals surface area contributed by atoms with Crippen molar-refractivity contribution in [1.29, 1.82) is 0 Å². The normalized spacial score (nSPS) is 12.7. The van der Waals surface area contributed by atoms with E-state index in [0.29, 0.717) is 0 Å². The van der Waals surface area contributed by atoms with Crippen LogP contribution in [0.4, 0.5) is 0 Å². The quantitative estimate of drug-likeness (QED) is 0.777. The average Bonchev–Trinajstić information content (AvgIpc) is 2.87. The van der Waals surface area contributed by atoms with E-state index < -0.39 is 0 Å². The molecule has 2 aromatic heterocycles. The fraction of sp³-hybridized carbons (Fsp3) is 0.188. The topological polar surface area (TPSA) is 43.8 Å². The first-order valence-electron chi connectivity index (χ1n) is 6.48. The molecule has 0 radical (unpaired) electrons. The number of aromatic nitrogens is 2. The Morgan fingerprint density at radius 3 is 2.79 bits per heavy atom. The first-order valence-corrected chi connectivity index (χ1v) is 6.48. The lowest BCUT2D eigenvalue weighted by Crippen LogP contribution is -2.04. The molecule has 96 valence electrons. The minimum absolute atomic E-state index is 0.0748. The van der Waals surface area contributed by atoms with Crippen LogP contribution in [0.5, 0.6) is 0 Å². The molecule has 3 heteroatoms. The van der Waals surface area contributed by atoms with Crippen LogP contribution in [-0.2, 0) is 6.54 Å². The summed E-state index contributed by atoms with van der Waals surface area (Å²) in [6, 6.07) is 14.5. The summed E-state index contributed by atoms with van der Waals surface area (Å²) in [5.74, 6) is 0. The van der Waals surface area contributed by atoms with Crippen molar-refractivity contribution in [3.8, 4) is 0 Å². The van der Waals surface area contributed by atoms with Gasteiger partial charge in [0.15, 0.2) is 0 Å². The Kier molecular flexibility index (Phi) is 3.05. The number of nitrogens with two attached hydrogens (primary N) is 1. The van der Waals surface area contributed by atoms with Gasteiger partial charge in [-0.1, -0.05) is 24.3 Å². The number of rotatable bonds is 3. The molecule has 3 rings (SSSR count). The fourth-order valence-corrected chi connectivity index (χ4v) is 2.21. The molecule has 2 heterocycles. The molecule has 1 unspecified atom stereocenters. The zero-order valence-electron chi connectivity index (χ0n) is 11.0. The highest BCUT2D eigenvalue weighted by Gasteiger charge is 2.03. The third-order valence-corrected chi connectivity index (χ3v) is 3.30. The molecule has 19 heavy (non-hydrogen) atoms. The van der Waals surface area contributed by atoms with Crippen LogP contribution in [0.2, 0.25) is 0 Å². The molecule has 0 fully saturated rings. The van der Waals surface area contributed by atoms with Crippen LogP contribution >= 0.6 is 0 Å². The second kappa shape index (κ2) is 4.86. The van der Waals surface area contributed by atoms with Gasteiger partial charge in [-0.25, -0.2) is 0 Å². The van der Waals surface area contributed by atoms with Crippen molar-refractivity contribution in [2.75, 3.05) is 0 Å². The van der Waals surface area contributed by atoms with Gasteiger partial charge in [-0.2, -0.15) is 0 Å². The van der Waals surface area contributed by atoms with Crippen molar-refractivity contribution in [3.05, 3.63) is 66.1 Å². The Bertz CT molecular complexity index is 698. The van der Waals surface area contributed by atoms with E-state index in [2.05, 4.69) is 46.2 Å². The van der Waals surface area contributed by atoms with Crippen LogP contribution in [-0.4, -0.2) is 9.55 Å². The SMILES string of the molecule is CC(N)c1ccn(Cc2ccc3ccccc3n2)c1. The van der Waals surface area contributed by atoms with E-state index in [4.69, 9.17) is 5.73 Å². The lowest BCUT2D eigenvalue weighted by molar-refractivity contribution is 0.764. The number of benzene rings is 1. The fourth-order valence-electron chi connectivity index (χ4n) is 2.21. The van der Waals surface area contributed by atoms with Gasteiger partial charge in [-0.3, -0.25) is 4.98 Å². The van der Waals surface area contributed by atoms with E-state index in [-0.39, 0.29) is 6.04 Å². The third-order valence-electron chi connectivity index (χ3n) is 3.30. The molecule has 2 N–H and O–H groups in total. The molecular formula is C16H17N3. The zero-order chi connectivity index (χ0) is 13.2. The van der Waals surface area contributed by atoms with Crippen LogP contribution in [0, 0.1) is 0 Å². The summed E-state index contributed by atoms with van der Waals surface area (Å²) in [6.07, 6.45) is 4.14. The second-order valence-corrected chi connectivity index (χ2v) is 4.90. The van der Waals surface area contributed by atoms with Crippen LogP contribution in [0.1, 0.15) is 24.2 Å². The van der Waals surface area contributed by atoms with Crippen LogP contribution in [0.3, 0.4) is 0 Å². The maximum absolute atomic E-state index is 5.87. The first kappa shape index (κ1) is 11.9. The smallest absolute Gasteiger partial charge is 0.0706 e. The van der Waals surface area contributed by atoms with Crippen molar-refractivity contribution in [3.63, 3.8) is 0 Å². The standard InChI is InChI=1S/C16H17N3/c1-12(17)14-8-9-19(10-14)11-15-7-6-13-4-2-3-5-16(13)18-15/h2-10,12H,11,17H2,1H3. The van der Waals surface area contributed by atoms with E-state index in [1.54, 1.807) is 0 Å². The Balaban J connectivity index is 1.87. The Morgan fingerprint density at radius 2 is 2.00 bits per heavy atom. The van der Waals surface area contributed by atoms with Crippen LogP contribution in [0.25, 0.3) is 10.9 Å². The van der Waals surface area contributed by atoms with Gasteiger partial charge >= 0.3 is 0 Å². The highest BCUT2D eigenvalue weighted by Crippen LogP contribution is 2.14. The Hall–Kier alpha value is -2.13. The summed E-state index contributed by atoms with van der Waals surface area (Å²) in [7, 11) is 0. The van der Waals surface area contributed by atoms with Gasteiger partial charge in [-0.15, -0.1) is 0 Å². The molecule has 3 nitrogen and oxygen atoms in total. The Morgan fingerprint density at radius 1 is 1.16 bits per heavy atom. The van der Waals surface area contributed by atoms with Gasteiger partial charge in [0.2, 0.25) is 0 Å². The molecule has 0 bridgehead atoms. The number of hydrogen-bond donors (Lipinski definition) is 1. The number of fused-ring (bicyclic) bond motifs is 1. The summed E-state index contributed by atoms with van der Waals surface area (Å²) in [4.78, 5) is 4.67. The van der Waals surface area contributed by atoms with Crippen molar-refractivity contribution < 1.29 is 0 Å². The predicted octanol–water partition coefficient (Wildman–Crippen LogP) is 3.10. The molecule has 3 aromatic rings. The third kappa shape index (κ3) is 2.51. The predicted molar refractivity (Wildman–Crippen MR) is 77.9 cm³/mol. The van der Waals surface area contributed by atoms with E-state index in [0.717, 1.165) is 23.3 Å². The molecule has 0 aliphatic heterocycles. The summed E-state index contributed by atoms with van der Waals surface area (Å²) in [5.41, 5.74) is 9.12. The van der Waals surface area contributed by atoms with Gasteiger partial charge in [0.25, 0.3) is 0 Å². The van der Waals surface area contributed by atoms with E-state index in [1.807, 2.05) is 25.1 Å². The molecule has 1 atom stereocenters. The lowest BCUT2D eigenvalue weighted by atomic mass is 10.2. The van der Waals surface area contributed by atoms with Crippen molar-refractivity contribution in [2.45, 2.75) is 19.5 Å². The molecule has 0 saturated carbocycles. The molecule has 1 aromatic carbocycles. The van der Waals surface area contributed by atoms with Gasteiger partial charge < -0.3 is 10.3 Å². The largest absolute Gasteiger partial charge is 0.348 e. The van der Waals surface area contributed by atoms with Gasteiger partial charge in [0.05, 0.1) is 17.8 Å². The second-order valence-electron chi connectivity index (χ2n) is 4.90. The van der Waals surface area contributed by atoms with Crippen molar-refractivity contribution >= 4 is 10.9 Å². The minimum Gasteiger partial charge on any atom is -0.348 e. The minimum atomic E-state index is 0.0748. The first-order chi connectivity index (χ1) is 9.22. The lowest BCUT2D eigenvalue weighted by Gasteiger charge is -2.05. The molecule has 0 amide bonds. The molecule has 0 spiro atoms. The molecular weight excluding hydrogens is 234 g/mol. The average molecular weight is 251 g/mol.